The van der Waals surface area contributed by atoms with E-state index in [1.54, 1.807) is 0 Å². The van der Waals surface area contributed by atoms with E-state index in [1.807, 2.05) is 4.98 Å². The van der Waals surface area contributed by atoms with Crippen LogP contribution in [0.15, 0.2) is 22.0 Å². The van der Waals surface area contributed by atoms with Gasteiger partial charge in [-0.2, -0.15) is 0 Å². The molecule has 0 saturated carbocycles. The molecule has 0 amide bonds. The van der Waals surface area contributed by atoms with E-state index in [1.165, 1.54) is 0 Å². The van der Waals surface area contributed by atoms with Gasteiger partial charge < -0.3 is 4.98 Å². The van der Waals surface area contributed by atoms with E-state index >= 15 is 0 Å². The second kappa shape index (κ2) is 3.66. The molecule has 0 unspecified atom stereocenters. The van der Waals surface area contributed by atoms with E-state index in [4.69, 9.17) is 10.7 Å². The summed E-state index contributed by atoms with van der Waals surface area (Å²) in [5.41, 5.74) is -2.30. The molecule has 0 fully saturated rings. The second-order valence-electron chi connectivity index (χ2n) is 2.32. The van der Waals surface area contributed by atoms with Crippen molar-refractivity contribution in [1.29, 1.82) is 0 Å². The van der Waals surface area contributed by atoms with Crippen molar-refractivity contribution in [2.45, 2.75) is 11.3 Å². The molecule has 1 rings (SSSR count). The van der Waals surface area contributed by atoms with Gasteiger partial charge in [0.15, 0.2) is 0 Å². The van der Waals surface area contributed by atoms with Crippen molar-refractivity contribution in [2.75, 3.05) is 0 Å². The summed E-state index contributed by atoms with van der Waals surface area (Å²) in [5, 5.41) is 0. The summed E-state index contributed by atoms with van der Waals surface area (Å²) in [4.78, 5) is 11.9. The Kier molecular flexibility index (Phi) is 2.91. The molecule has 14 heavy (non-hydrogen) atoms. The highest BCUT2D eigenvalue weighted by atomic mass is 35.7. The summed E-state index contributed by atoms with van der Waals surface area (Å²) < 4.78 is 46.1. The van der Waals surface area contributed by atoms with Crippen LogP contribution in [-0.4, -0.2) is 13.4 Å². The van der Waals surface area contributed by atoms with Gasteiger partial charge in [-0.25, -0.2) is 17.2 Å². The fraction of sp³-hybridized carbons (Fsp3) is 0.167. The topological polar surface area (TPSA) is 67.0 Å². The van der Waals surface area contributed by atoms with Gasteiger partial charge in [-0.3, -0.25) is 4.79 Å². The Hall–Kier alpha value is -0.950. The summed E-state index contributed by atoms with van der Waals surface area (Å²) >= 11 is 0. The summed E-state index contributed by atoms with van der Waals surface area (Å²) in [6, 6.07) is 0.811. The Bertz CT molecular complexity index is 496. The molecule has 0 spiro atoms. The standard InChI is InChI=1S/C6H4ClF2NO3S/c7-14(12,13)3-1-2-10-6(11)4(3)5(8)9/h1-2,5H,(H,10,11). The van der Waals surface area contributed by atoms with E-state index in [0.717, 1.165) is 12.3 Å². The molecule has 8 heteroatoms. The minimum atomic E-state index is -4.33. The average Bonchev–Trinajstić information content (AvgIpc) is 2.01. The highest BCUT2D eigenvalue weighted by Gasteiger charge is 2.24. The van der Waals surface area contributed by atoms with Gasteiger partial charge in [0, 0.05) is 16.9 Å². The predicted molar refractivity (Wildman–Crippen MR) is 45.1 cm³/mol. The first-order valence-corrected chi connectivity index (χ1v) is 5.59. The first-order valence-electron chi connectivity index (χ1n) is 3.28. The number of hydrogen-bond donors (Lipinski definition) is 1. The lowest BCUT2D eigenvalue weighted by atomic mass is 10.3. The largest absolute Gasteiger partial charge is 0.329 e. The quantitative estimate of drug-likeness (QED) is 0.795. The molecule has 4 nitrogen and oxygen atoms in total. The molecule has 1 N–H and O–H groups in total. The molecular formula is C6H4ClF2NO3S. The van der Waals surface area contributed by atoms with Gasteiger partial charge in [0.05, 0.1) is 4.90 Å². The Labute approximate surface area is 81.9 Å². The molecule has 0 radical (unpaired) electrons. The molecule has 0 bridgehead atoms. The van der Waals surface area contributed by atoms with Crippen LogP contribution in [-0.2, 0) is 9.05 Å². The number of halogens is 3. The number of aromatic amines is 1. The number of alkyl halides is 2. The van der Waals surface area contributed by atoms with Crippen molar-refractivity contribution in [3.63, 3.8) is 0 Å². The molecule has 0 aromatic carbocycles. The van der Waals surface area contributed by atoms with Gasteiger partial charge in [-0.05, 0) is 6.07 Å². The summed E-state index contributed by atoms with van der Waals surface area (Å²) in [6.45, 7) is 0. The zero-order valence-electron chi connectivity index (χ0n) is 6.50. The SMILES string of the molecule is O=c1[nH]ccc(S(=O)(=O)Cl)c1C(F)F. The van der Waals surface area contributed by atoms with Crippen LogP contribution in [0.2, 0.25) is 0 Å². The molecule has 0 aliphatic carbocycles. The van der Waals surface area contributed by atoms with Gasteiger partial charge in [0.2, 0.25) is 0 Å². The summed E-state index contributed by atoms with van der Waals surface area (Å²) in [5.74, 6) is 0. The third kappa shape index (κ3) is 2.10. The van der Waals surface area contributed by atoms with Crippen LogP contribution in [0.3, 0.4) is 0 Å². The number of nitrogens with one attached hydrogen (secondary N) is 1. The number of rotatable bonds is 2. The van der Waals surface area contributed by atoms with Crippen LogP contribution in [0.4, 0.5) is 8.78 Å². The second-order valence-corrected chi connectivity index (χ2v) is 4.86. The zero-order valence-corrected chi connectivity index (χ0v) is 8.07. The van der Waals surface area contributed by atoms with Gasteiger partial charge in [-0.15, -0.1) is 0 Å². The van der Waals surface area contributed by atoms with E-state index in [9.17, 15) is 22.0 Å². The van der Waals surface area contributed by atoms with Crippen molar-refractivity contribution >= 4 is 19.7 Å². The summed E-state index contributed by atoms with van der Waals surface area (Å²) in [7, 11) is 0.537. The monoisotopic (exact) mass is 243 g/mol. The van der Waals surface area contributed by atoms with Gasteiger partial charge >= 0.3 is 0 Å². The number of pyridine rings is 1. The molecule has 1 aromatic heterocycles. The molecule has 0 saturated heterocycles. The third-order valence-electron chi connectivity index (χ3n) is 1.44. The van der Waals surface area contributed by atoms with Crippen LogP contribution in [0.5, 0.6) is 0 Å². The molecule has 78 valence electrons. The van der Waals surface area contributed by atoms with Crippen LogP contribution < -0.4 is 5.56 Å². The van der Waals surface area contributed by atoms with Gasteiger partial charge in [0.25, 0.3) is 21.0 Å². The molecule has 1 heterocycles. The van der Waals surface area contributed by atoms with E-state index < -0.39 is 31.5 Å². The lowest BCUT2D eigenvalue weighted by Gasteiger charge is -2.02. The Morgan fingerprint density at radius 2 is 2.00 bits per heavy atom. The van der Waals surface area contributed by atoms with Crippen LogP contribution in [0.25, 0.3) is 0 Å². The maximum atomic E-state index is 12.3. The predicted octanol–water partition coefficient (Wildman–Crippen LogP) is 1.24. The highest BCUT2D eigenvalue weighted by Crippen LogP contribution is 2.24. The van der Waals surface area contributed by atoms with Gasteiger partial charge in [-0.1, -0.05) is 0 Å². The molecule has 0 aliphatic heterocycles. The Morgan fingerprint density at radius 3 is 2.36 bits per heavy atom. The average molecular weight is 244 g/mol. The van der Waals surface area contributed by atoms with E-state index in [2.05, 4.69) is 0 Å². The van der Waals surface area contributed by atoms with Crippen molar-refractivity contribution in [3.05, 3.63) is 28.2 Å². The van der Waals surface area contributed by atoms with Crippen molar-refractivity contribution < 1.29 is 17.2 Å². The third-order valence-corrected chi connectivity index (χ3v) is 2.82. The smallest absolute Gasteiger partial charge is 0.270 e. The lowest BCUT2D eigenvalue weighted by Crippen LogP contribution is -2.16. The molecule has 0 atom stereocenters. The van der Waals surface area contributed by atoms with Crippen LogP contribution in [0.1, 0.15) is 12.0 Å². The number of aromatic nitrogens is 1. The minimum absolute atomic E-state index is 0.811. The normalized spacial score (nSPS) is 12.0. The zero-order chi connectivity index (χ0) is 10.9. The van der Waals surface area contributed by atoms with Crippen LogP contribution >= 0.6 is 10.7 Å². The molecular weight excluding hydrogens is 240 g/mol. The van der Waals surface area contributed by atoms with Crippen molar-refractivity contribution in [3.8, 4) is 0 Å². The number of H-pyrrole nitrogens is 1. The first kappa shape index (κ1) is 11.1. The Morgan fingerprint density at radius 1 is 1.43 bits per heavy atom. The fourth-order valence-electron chi connectivity index (χ4n) is 0.892. The highest BCUT2D eigenvalue weighted by molar-refractivity contribution is 8.13. The molecule has 1 aromatic rings. The van der Waals surface area contributed by atoms with E-state index in [-0.39, 0.29) is 0 Å². The summed E-state index contributed by atoms with van der Waals surface area (Å²) in [6.07, 6.45) is -2.26. The van der Waals surface area contributed by atoms with Gasteiger partial charge in [0.1, 0.15) is 5.56 Å². The number of hydrogen-bond acceptors (Lipinski definition) is 3. The Balaban J connectivity index is 3.61. The van der Waals surface area contributed by atoms with Crippen LogP contribution in [0, 0.1) is 0 Å². The fourth-order valence-corrected chi connectivity index (χ4v) is 1.97. The maximum absolute atomic E-state index is 12.3. The maximum Gasteiger partial charge on any atom is 0.270 e. The van der Waals surface area contributed by atoms with Crippen molar-refractivity contribution in [2.24, 2.45) is 0 Å². The minimum Gasteiger partial charge on any atom is -0.329 e. The van der Waals surface area contributed by atoms with E-state index in [0.29, 0.717) is 0 Å². The van der Waals surface area contributed by atoms with Crippen molar-refractivity contribution in [1.82, 2.24) is 4.98 Å². The first-order chi connectivity index (χ1) is 6.34. The molecule has 0 aliphatic rings. The lowest BCUT2D eigenvalue weighted by molar-refractivity contribution is 0.146.